The Kier molecular flexibility index (Phi) is 5.28. The van der Waals surface area contributed by atoms with Crippen LogP contribution in [0.2, 0.25) is 0 Å². The van der Waals surface area contributed by atoms with Gasteiger partial charge in [0.05, 0.1) is 0 Å². The first-order valence-corrected chi connectivity index (χ1v) is 8.50. The van der Waals surface area contributed by atoms with E-state index in [9.17, 15) is 9.59 Å². The molecule has 1 aromatic heterocycles. The third-order valence-electron chi connectivity index (χ3n) is 4.21. The monoisotopic (exact) mass is 369 g/mol. The highest BCUT2D eigenvalue weighted by molar-refractivity contribution is 5.69. The minimum atomic E-state index is -0.854. The molecule has 26 heavy (non-hydrogen) atoms. The summed E-state index contributed by atoms with van der Waals surface area (Å²) in [7, 11) is 0. The van der Waals surface area contributed by atoms with Crippen molar-refractivity contribution >= 4 is 11.8 Å². The number of nitrogens with one attached hydrogen (secondary N) is 1. The third kappa shape index (κ3) is 3.73. The molecule has 0 aromatic carbocycles. The molecule has 2 saturated heterocycles. The third-order valence-corrected chi connectivity index (χ3v) is 4.21. The van der Waals surface area contributed by atoms with Crippen LogP contribution in [0, 0.1) is 0 Å². The lowest BCUT2D eigenvalue weighted by atomic mass is 10.1. The number of rotatable bonds is 6. The number of hydrogen-bond donors (Lipinski definition) is 2. The van der Waals surface area contributed by atoms with Crippen LogP contribution in [0.3, 0.4) is 0 Å². The van der Waals surface area contributed by atoms with Crippen LogP contribution in [0.4, 0.5) is 5.82 Å². The molecule has 2 N–H and O–H groups in total. The largest absolute Gasteiger partial charge is 0.463 e. The summed E-state index contributed by atoms with van der Waals surface area (Å²) < 4.78 is 24.2. The summed E-state index contributed by atoms with van der Waals surface area (Å²) in [5, 5.41) is 8.86. The number of ether oxygens (including phenoxy) is 4. The van der Waals surface area contributed by atoms with E-state index in [0.29, 0.717) is 12.8 Å². The Hall–Kier alpha value is -2.01. The fourth-order valence-electron chi connectivity index (χ4n) is 3.14. The van der Waals surface area contributed by atoms with Gasteiger partial charge >= 0.3 is 11.7 Å². The van der Waals surface area contributed by atoms with Crippen LogP contribution in [-0.4, -0.2) is 51.4 Å². The Morgan fingerprint density at radius 1 is 1.42 bits per heavy atom. The van der Waals surface area contributed by atoms with E-state index in [4.69, 9.17) is 24.2 Å². The first-order valence-electron chi connectivity index (χ1n) is 8.50. The van der Waals surface area contributed by atoms with Crippen LogP contribution < -0.4 is 11.2 Å². The van der Waals surface area contributed by atoms with Gasteiger partial charge in [-0.2, -0.15) is 4.98 Å². The van der Waals surface area contributed by atoms with Crippen molar-refractivity contribution in [3.05, 3.63) is 22.7 Å². The number of fused-ring (bicyclic) bond motifs is 1. The topological polar surface area (TPSA) is 121 Å². The second-order valence-corrected chi connectivity index (χ2v) is 6.68. The van der Waals surface area contributed by atoms with Crippen molar-refractivity contribution in [1.82, 2.24) is 9.55 Å². The van der Waals surface area contributed by atoms with E-state index in [2.05, 4.69) is 4.98 Å². The Morgan fingerprint density at radius 2 is 2.15 bits per heavy atom. The van der Waals surface area contributed by atoms with Gasteiger partial charge in [-0.15, -0.1) is 0 Å². The molecule has 4 atom stereocenters. The summed E-state index contributed by atoms with van der Waals surface area (Å²) in [6, 6.07) is 1.43. The summed E-state index contributed by atoms with van der Waals surface area (Å²) in [5.41, 5.74) is 1.20. The average molecular weight is 369 g/mol. The lowest BCUT2D eigenvalue weighted by molar-refractivity contribution is -0.203. The number of aromatic nitrogens is 2. The lowest BCUT2D eigenvalue weighted by Gasteiger charge is -2.24. The maximum absolute atomic E-state index is 12.2. The van der Waals surface area contributed by atoms with Crippen molar-refractivity contribution in [1.29, 1.82) is 0 Å². The molecule has 2 aliphatic rings. The Bertz CT molecular complexity index is 720. The predicted octanol–water partition coefficient (Wildman–Crippen LogP) is 0.805. The fraction of sp³-hybridized carbons (Fsp3) is 0.688. The second-order valence-electron chi connectivity index (χ2n) is 6.68. The molecule has 0 radical (unpaired) electrons. The van der Waals surface area contributed by atoms with Gasteiger partial charge < -0.3 is 18.9 Å². The number of hydrogen-bond acceptors (Lipinski definition) is 9. The highest BCUT2D eigenvalue weighted by Gasteiger charge is 2.56. The number of carbonyl (C=O) groups is 1. The Morgan fingerprint density at radius 3 is 2.81 bits per heavy atom. The minimum Gasteiger partial charge on any atom is -0.463 e. The van der Waals surface area contributed by atoms with Gasteiger partial charge in [-0.1, -0.05) is 6.92 Å². The number of nitrogens with zero attached hydrogens (tertiary/aromatic N) is 2. The molecule has 0 spiro atoms. The maximum atomic E-state index is 12.2. The molecule has 2 aliphatic heterocycles. The van der Waals surface area contributed by atoms with Crippen LogP contribution in [0.1, 0.15) is 39.8 Å². The number of anilines is 1. The molecule has 0 saturated carbocycles. The van der Waals surface area contributed by atoms with Crippen LogP contribution in [0.25, 0.3) is 0 Å². The molecule has 3 rings (SSSR count). The van der Waals surface area contributed by atoms with Crippen molar-refractivity contribution in [3.8, 4) is 0 Å². The lowest BCUT2D eigenvalue weighted by Crippen LogP contribution is -2.34. The van der Waals surface area contributed by atoms with Gasteiger partial charge in [-0.05, 0) is 26.3 Å². The van der Waals surface area contributed by atoms with E-state index in [1.165, 1.54) is 16.8 Å². The van der Waals surface area contributed by atoms with Crippen LogP contribution in [0.15, 0.2) is 17.1 Å². The van der Waals surface area contributed by atoms with E-state index >= 15 is 0 Å². The highest BCUT2D eigenvalue weighted by atomic mass is 16.8. The van der Waals surface area contributed by atoms with E-state index in [-0.39, 0.29) is 18.4 Å². The van der Waals surface area contributed by atoms with Crippen molar-refractivity contribution in [2.24, 2.45) is 0 Å². The average Bonchev–Trinajstić information content (AvgIpc) is 3.06. The Labute approximate surface area is 150 Å². The minimum absolute atomic E-state index is 0.00833. The smallest absolute Gasteiger partial charge is 0.351 e. The zero-order valence-corrected chi connectivity index (χ0v) is 14.9. The molecule has 144 valence electrons. The van der Waals surface area contributed by atoms with E-state index in [1.807, 2.05) is 12.4 Å². The molecule has 0 aliphatic carbocycles. The molecule has 0 amide bonds. The zero-order valence-electron chi connectivity index (χ0n) is 14.9. The molecule has 1 aromatic rings. The van der Waals surface area contributed by atoms with Crippen LogP contribution in [-0.2, 0) is 23.7 Å². The molecule has 2 fully saturated rings. The first-order chi connectivity index (χ1) is 12.3. The van der Waals surface area contributed by atoms with Crippen molar-refractivity contribution in [2.45, 2.75) is 63.9 Å². The summed E-state index contributed by atoms with van der Waals surface area (Å²) in [6.45, 7) is 5.43. The summed E-state index contributed by atoms with van der Waals surface area (Å²) in [4.78, 5) is 27.6. The maximum Gasteiger partial charge on any atom is 0.351 e. The Balaban J connectivity index is 1.80. The molecule has 10 nitrogen and oxygen atoms in total. The number of esters is 1. The second kappa shape index (κ2) is 7.31. The van der Waals surface area contributed by atoms with Gasteiger partial charge in [0.1, 0.15) is 24.9 Å². The van der Waals surface area contributed by atoms with Crippen LogP contribution in [0.5, 0.6) is 0 Å². The zero-order chi connectivity index (χ0) is 18.9. The quantitative estimate of drug-likeness (QED) is 0.554. The molecule has 0 bridgehead atoms. The fourth-order valence-corrected chi connectivity index (χ4v) is 3.14. The number of carbonyl (C=O) groups excluding carboxylic acids is 1. The highest BCUT2D eigenvalue weighted by Crippen LogP contribution is 2.42. The molecular formula is C16H23N3O7. The van der Waals surface area contributed by atoms with E-state index in [1.54, 1.807) is 13.8 Å². The standard InChI is InChI=1S/C16H23N3O7/c1-4-5-11(20)23-8-9-12-13(26-16(2,3)25-12)14(24-9)19-7-6-10(18-22)17-15(19)21/h6-7,9,12-14,22H,4-5,8H2,1-3H3,(H,17,18,21)/t9-,12-,13-,14-/m1/s1. The van der Waals surface area contributed by atoms with Crippen molar-refractivity contribution in [3.63, 3.8) is 0 Å². The normalized spacial score (nSPS) is 29.4. The van der Waals surface area contributed by atoms with Gasteiger partial charge in [-0.3, -0.25) is 20.0 Å². The molecule has 10 heteroatoms. The first kappa shape index (κ1) is 18.8. The SMILES string of the molecule is CCCC(=O)OC[C@H]1O[C@@H](n2ccc(NO)nc2=O)[C@@H]2OC(C)(C)O[C@@H]21. The molecule has 3 heterocycles. The molecular weight excluding hydrogens is 346 g/mol. The van der Waals surface area contributed by atoms with Gasteiger partial charge in [0.25, 0.3) is 0 Å². The summed E-state index contributed by atoms with van der Waals surface area (Å²) in [5.74, 6) is -1.15. The van der Waals surface area contributed by atoms with Crippen LogP contribution >= 0.6 is 0 Å². The van der Waals surface area contributed by atoms with Gasteiger partial charge in [-0.25, -0.2) is 4.79 Å². The van der Waals surface area contributed by atoms with Gasteiger partial charge in [0.2, 0.25) is 0 Å². The van der Waals surface area contributed by atoms with E-state index in [0.717, 1.165) is 0 Å². The van der Waals surface area contributed by atoms with Gasteiger partial charge in [0.15, 0.2) is 17.8 Å². The van der Waals surface area contributed by atoms with Crippen molar-refractivity contribution in [2.75, 3.05) is 12.1 Å². The van der Waals surface area contributed by atoms with E-state index < -0.39 is 36.0 Å². The summed E-state index contributed by atoms with van der Waals surface area (Å²) in [6.07, 6.45) is 0.0404. The summed E-state index contributed by atoms with van der Waals surface area (Å²) >= 11 is 0. The molecule has 0 unspecified atom stereocenters. The van der Waals surface area contributed by atoms with Gasteiger partial charge in [0, 0.05) is 12.6 Å². The predicted molar refractivity (Wildman–Crippen MR) is 87.5 cm³/mol. The van der Waals surface area contributed by atoms with Crippen molar-refractivity contribution < 1.29 is 28.9 Å².